The van der Waals surface area contributed by atoms with Gasteiger partial charge < -0.3 is 14.5 Å². The Hall–Kier alpha value is -0.610. The van der Waals surface area contributed by atoms with Crippen LogP contribution >= 0.6 is 0 Å². The minimum atomic E-state index is -0.116. The number of nitrogens with zero attached hydrogens (tertiary/aromatic N) is 2. The lowest BCUT2D eigenvalue weighted by atomic mass is 9.97. The Bertz CT molecular complexity index is 213. The number of carbonyl (C=O) groups excluding carboxylic acids is 1. The van der Waals surface area contributed by atoms with Crippen LogP contribution in [0.15, 0.2) is 0 Å². The second-order valence-electron chi connectivity index (χ2n) is 4.84. The molecule has 0 unspecified atom stereocenters. The van der Waals surface area contributed by atoms with E-state index in [1.54, 1.807) is 0 Å². The molecule has 0 N–H and O–H groups in total. The van der Waals surface area contributed by atoms with Crippen molar-refractivity contribution in [2.45, 2.75) is 19.3 Å². The van der Waals surface area contributed by atoms with E-state index in [1.807, 2.05) is 0 Å². The fourth-order valence-corrected chi connectivity index (χ4v) is 2.16. The smallest absolute Gasteiger partial charge is 0.306 e. The summed E-state index contributed by atoms with van der Waals surface area (Å²) < 4.78 is 4.63. The number of hydrogen-bond acceptors (Lipinski definition) is 4. The summed E-state index contributed by atoms with van der Waals surface area (Å²) in [6.07, 6.45) is 3.05. The fraction of sp³-hybridized carbons (Fsp3) is 0.917. The largest absolute Gasteiger partial charge is 0.469 e. The molecule has 1 fully saturated rings. The summed E-state index contributed by atoms with van der Waals surface area (Å²) in [7, 11) is 5.71. The second-order valence-corrected chi connectivity index (χ2v) is 4.84. The molecule has 1 heterocycles. The topological polar surface area (TPSA) is 32.8 Å². The summed E-state index contributed by atoms with van der Waals surface area (Å²) in [6, 6.07) is 0. The Balaban J connectivity index is 2.13. The molecule has 4 heteroatoms. The van der Waals surface area contributed by atoms with E-state index in [1.165, 1.54) is 33.0 Å². The molecule has 0 aliphatic carbocycles. The van der Waals surface area contributed by atoms with Crippen molar-refractivity contribution in [3.63, 3.8) is 0 Å². The first-order valence-electron chi connectivity index (χ1n) is 6.05. The molecule has 94 valence electrons. The van der Waals surface area contributed by atoms with Gasteiger partial charge in [0.2, 0.25) is 0 Å². The predicted octanol–water partition coefficient (Wildman–Crippen LogP) is 0.823. The normalized spacial score (nSPS) is 19.0. The minimum Gasteiger partial charge on any atom is -0.469 e. The Morgan fingerprint density at radius 3 is 2.62 bits per heavy atom. The summed E-state index contributed by atoms with van der Waals surface area (Å²) >= 11 is 0. The molecule has 0 atom stereocenters. The zero-order valence-electron chi connectivity index (χ0n) is 10.7. The van der Waals surface area contributed by atoms with Gasteiger partial charge in [-0.2, -0.15) is 0 Å². The van der Waals surface area contributed by atoms with E-state index in [9.17, 15) is 4.79 Å². The van der Waals surface area contributed by atoms with Crippen LogP contribution in [0.1, 0.15) is 19.3 Å². The standard InChI is InChI=1S/C12H24N2O2/c1-13-7-4-11(5-8-13)10-14(2)9-6-12(15)16-3/h11H,4-10H2,1-3H3. The van der Waals surface area contributed by atoms with E-state index in [0.29, 0.717) is 6.42 Å². The fourth-order valence-electron chi connectivity index (χ4n) is 2.16. The van der Waals surface area contributed by atoms with E-state index in [0.717, 1.165) is 19.0 Å². The highest BCUT2D eigenvalue weighted by Crippen LogP contribution is 2.16. The van der Waals surface area contributed by atoms with Gasteiger partial charge in [-0.15, -0.1) is 0 Å². The maximum absolute atomic E-state index is 11.0. The monoisotopic (exact) mass is 228 g/mol. The second kappa shape index (κ2) is 6.86. The van der Waals surface area contributed by atoms with Crippen LogP contribution < -0.4 is 0 Å². The lowest BCUT2D eigenvalue weighted by molar-refractivity contribution is -0.140. The Kier molecular flexibility index (Phi) is 5.77. The maximum atomic E-state index is 11.0. The number of methoxy groups -OCH3 is 1. The molecule has 1 aliphatic heterocycles. The van der Waals surface area contributed by atoms with Crippen molar-refractivity contribution < 1.29 is 9.53 Å². The van der Waals surface area contributed by atoms with Crippen LogP contribution in [-0.4, -0.2) is 63.2 Å². The van der Waals surface area contributed by atoms with Gasteiger partial charge in [-0.3, -0.25) is 4.79 Å². The summed E-state index contributed by atoms with van der Waals surface area (Å²) in [5.41, 5.74) is 0. The van der Waals surface area contributed by atoms with Gasteiger partial charge in [0, 0.05) is 13.1 Å². The van der Waals surface area contributed by atoms with Crippen LogP contribution in [0.5, 0.6) is 0 Å². The lowest BCUT2D eigenvalue weighted by Gasteiger charge is -2.31. The van der Waals surface area contributed by atoms with Crippen LogP contribution in [-0.2, 0) is 9.53 Å². The van der Waals surface area contributed by atoms with Crippen LogP contribution in [0.25, 0.3) is 0 Å². The summed E-state index contributed by atoms with van der Waals surface area (Å²) in [5.74, 6) is 0.675. The molecule has 0 aromatic carbocycles. The van der Waals surface area contributed by atoms with E-state index in [2.05, 4.69) is 28.6 Å². The Morgan fingerprint density at radius 1 is 1.44 bits per heavy atom. The Labute approximate surface area is 98.5 Å². The van der Waals surface area contributed by atoms with E-state index in [4.69, 9.17) is 0 Å². The van der Waals surface area contributed by atoms with Crippen molar-refractivity contribution in [3.8, 4) is 0 Å². The molecule has 16 heavy (non-hydrogen) atoms. The number of carbonyl (C=O) groups is 1. The zero-order chi connectivity index (χ0) is 12.0. The van der Waals surface area contributed by atoms with Crippen molar-refractivity contribution in [1.29, 1.82) is 0 Å². The molecule has 0 aromatic rings. The molecule has 1 aliphatic rings. The van der Waals surface area contributed by atoms with Gasteiger partial charge in [-0.25, -0.2) is 0 Å². The average Bonchev–Trinajstić information content (AvgIpc) is 2.29. The molecular formula is C12H24N2O2. The molecule has 1 rings (SSSR count). The first-order valence-corrected chi connectivity index (χ1v) is 6.05. The van der Waals surface area contributed by atoms with Crippen LogP contribution in [0.2, 0.25) is 0 Å². The van der Waals surface area contributed by atoms with E-state index in [-0.39, 0.29) is 5.97 Å². The lowest BCUT2D eigenvalue weighted by Crippen LogP contribution is -2.36. The molecular weight excluding hydrogens is 204 g/mol. The number of ether oxygens (including phenoxy) is 1. The molecule has 0 spiro atoms. The number of esters is 1. The third-order valence-corrected chi connectivity index (χ3v) is 3.33. The van der Waals surface area contributed by atoms with Crippen molar-refractivity contribution in [2.75, 3.05) is 47.4 Å². The van der Waals surface area contributed by atoms with Crippen LogP contribution in [0, 0.1) is 5.92 Å². The van der Waals surface area contributed by atoms with Crippen molar-refractivity contribution in [1.82, 2.24) is 9.80 Å². The van der Waals surface area contributed by atoms with Crippen LogP contribution in [0.4, 0.5) is 0 Å². The Morgan fingerprint density at radius 2 is 2.06 bits per heavy atom. The van der Waals surface area contributed by atoms with Crippen molar-refractivity contribution >= 4 is 5.97 Å². The van der Waals surface area contributed by atoms with Gasteiger partial charge in [-0.1, -0.05) is 0 Å². The highest BCUT2D eigenvalue weighted by atomic mass is 16.5. The molecule has 0 bridgehead atoms. The number of likely N-dealkylation sites (tertiary alicyclic amines) is 1. The van der Waals surface area contributed by atoms with Crippen LogP contribution in [0.3, 0.4) is 0 Å². The van der Waals surface area contributed by atoms with Gasteiger partial charge in [0.05, 0.1) is 13.5 Å². The van der Waals surface area contributed by atoms with Crippen molar-refractivity contribution in [2.24, 2.45) is 5.92 Å². The van der Waals surface area contributed by atoms with Gasteiger partial charge in [-0.05, 0) is 45.9 Å². The summed E-state index contributed by atoms with van der Waals surface area (Å²) in [6.45, 7) is 4.31. The minimum absolute atomic E-state index is 0.116. The van der Waals surface area contributed by atoms with Gasteiger partial charge in [0.1, 0.15) is 0 Å². The van der Waals surface area contributed by atoms with Gasteiger partial charge in [0.15, 0.2) is 0 Å². The predicted molar refractivity (Wildman–Crippen MR) is 64.4 cm³/mol. The molecule has 4 nitrogen and oxygen atoms in total. The number of hydrogen-bond donors (Lipinski definition) is 0. The summed E-state index contributed by atoms with van der Waals surface area (Å²) in [4.78, 5) is 15.6. The zero-order valence-corrected chi connectivity index (χ0v) is 10.7. The maximum Gasteiger partial charge on any atom is 0.306 e. The highest BCUT2D eigenvalue weighted by molar-refractivity contribution is 5.69. The van der Waals surface area contributed by atoms with Crippen molar-refractivity contribution in [3.05, 3.63) is 0 Å². The molecule has 0 aromatic heterocycles. The molecule has 1 saturated heterocycles. The van der Waals surface area contributed by atoms with E-state index < -0.39 is 0 Å². The average molecular weight is 228 g/mol. The van der Waals surface area contributed by atoms with E-state index >= 15 is 0 Å². The number of piperidine rings is 1. The molecule has 0 amide bonds. The molecule has 0 radical (unpaired) electrons. The third kappa shape index (κ3) is 4.94. The SMILES string of the molecule is COC(=O)CCN(C)CC1CCN(C)CC1. The quantitative estimate of drug-likeness (QED) is 0.652. The summed E-state index contributed by atoms with van der Waals surface area (Å²) in [5, 5.41) is 0. The third-order valence-electron chi connectivity index (χ3n) is 3.33. The first kappa shape index (κ1) is 13.5. The van der Waals surface area contributed by atoms with Gasteiger partial charge in [0.25, 0.3) is 0 Å². The first-order chi connectivity index (χ1) is 7.61. The number of rotatable bonds is 5. The van der Waals surface area contributed by atoms with Gasteiger partial charge >= 0.3 is 5.97 Å². The molecule has 0 saturated carbocycles. The highest BCUT2D eigenvalue weighted by Gasteiger charge is 2.18.